The number of hydrogen-bond donors (Lipinski definition) is 1. The van der Waals surface area contributed by atoms with Gasteiger partial charge in [-0.3, -0.25) is 0 Å². The lowest BCUT2D eigenvalue weighted by molar-refractivity contribution is 0.199. The van der Waals surface area contributed by atoms with Crippen molar-refractivity contribution < 1.29 is 22.3 Å². The van der Waals surface area contributed by atoms with Crippen LogP contribution in [0.2, 0.25) is 0 Å². The molecule has 0 fully saturated rings. The second kappa shape index (κ2) is 8.96. The molecule has 0 saturated heterocycles. The van der Waals surface area contributed by atoms with Crippen molar-refractivity contribution in [1.82, 2.24) is 5.32 Å². The summed E-state index contributed by atoms with van der Waals surface area (Å²) in [5.41, 5.74) is 0.653. The van der Waals surface area contributed by atoms with Crippen LogP contribution in [0, 0.1) is 5.82 Å². The molecule has 0 unspecified atom stereocenters. The highest BCUT2D eigenvalue weighted by atomic mass is 32.2. The van der Waals surface area contributed by atoms with Gasteiger partial charge < -0.3 is 14.8 Å². The maximum Gasteiger partial charge on any atom is 0.153 e. The first-order chi connectivity index (χ1) is 9.98. The van der Waals surface area contributed by atoms with Gasteiger partial charge in [-0.05, 0) is 18.2 Å². The molecule has 0 saturated carbocycles. The molecule has 1 rings (SSSR count). The van der Waals surface area contributed by atoms with E-state index < -0.39 is 9.84 Å². The Hall–Kier alpha value is -1.18. The van der Waals surface area contributed by atoms with Gasteiger partial charge >= 0.3 is 0 Å². The quantitative estimate of drug-likeness (QED) is 0.660. The molecule has 1 aromatic carbocycles. The van der Waals surface area contributed by atoms with Gasteiger partial charge in [0.05, 0.1) is 12.4 Å². The molecule has 0 aliphatic carbocycles. The molecule has 0 bridgehead atoms. The third-order valence-corrected chi connectivity index (χ3v) is 4.58. The monoisotopic (exact) mass is 319 g/mol. The van der Waals surface area contributed by atoms with Crippen molar-refractivity contribution in [3.8, 4) is 5.75 Å². The Labute approximate surface area is 125 Å². The molecule has 0 amide bonds. The summed E-state index contributed by atoms with van der Waals surface area (Å²) in [5, 5.41) is 3.10. The van der Waals surface area contributed by atoms with E-state index in [9.17, 15) is 12.8 Å². The minimum Gasteiger partial charge on any atom is -0.492 e. The highest BCUT2D eigenvalue weighted by Gasteiger charge is 2.10. The fourth-order valence-corrected chi connectivity index (χ4v) is 2.27. The molecule has 0 aliphatic heterocycles. The van der Waals surface area contributed by atoms with Gasteiger partial charge in [-0.2, -0.15) is 0 Å². The van der Waals surface area contributed by atoms with E-state index in [1.807, 2.05) is 0 Å². The van der Waals surface area contributed by atoms with Crippen molar-refractivity contribution in [3.63, 3.8) is 0 Å². The van der Waals surface area contributed by atoms with Crippen molar-refractivity contribution >= 4 is 9.84 Å². The molecule has 0 heterocycles. The van der Waals surface area contributed by atoms with Crippen molar-refractivity contribution in [2.24, 2.45) is 0 Å². The minimum atomic E-state index is -3.07. The maximum absolute atomic E-state index is 13.3. The van der Waals surface area contributed by atoms with Crippen LogP contribution in [0.4, 0.5) is 4.39 Å². The molecule has 120 valence electrons. The van der Waals surface area contributed by atoms with Gasteiger partial charge in [0.25, 0.3) is 0 Å². The van der Waals surface area contributed by atoms with Crippen LogP contribution in [-0.4, -0.2) is 46.8 Å². The number of halogens is 1. The number of benzene rings is 1. The summed E-state index contributed by atoms with van der Waals surface area (Å²) in [7, 11) is -1.46. The Balaban J connectivity index is 2.59. The Kier molecular flexibility index (Phi) is 7.63. The van der Waals surface area contributed by atoms with Gasteiger partial charge in [0.2, 0.25) is 0 Å². The Morgan fingerprint density at radius 3 is 2.71 bits per heavy atom. The van der Waals surface area contributed by atoms with Crippen molar-refractivity contribution in [1.29, 1.82) is 0 Å². The number of methoxy groups -OCH3 is 1. The number of rotatable bonds is 10. The van der Waals surface area contributed by atoms with Crippen LogP contribution in [0.25, 0.3) is 0 Å². The number of ether oxygens (including phenoxy) is 2. The van der Waals surface area contributed by atoms with Gasteiger partial charge in [-0.15, -0.1) is 0 Å². The van der Waals surface area contributed by atoms with Crippen LogP contribution in [0.1, 0.15) is 12.5 Å². The Morgan fingerprint density at radius 2 is 2.05 bits per heavy atom. The molecule has 0 radical (unpaired) electrons. The molecule has 5 nitrogen and oxygen atoms in total. The molecule has 1 aromatic rings. The van der Waals surface area contributed by atoms with Crippen molar-refractivity contribution in [2.45, 2.75) is 13.5 Å². The van der Waals surface area contributed by atoms with Crippen LogP contribution < -0.4 is 10.1 Å². The fraction of sp³-hybridized carbons (Fsp3) is 0.571. The van der Waals surface area contributed by atoms with Gasteiger partial charge in [0, 0.05) is 31.5 Å². The minimum absolute atomic E-state index is 0.0442. The predicted molar refractivity (Wildman–Crippen MR) is 79.8 cm³/mol. The van der Waals surface area contributed by atoms with E-state index in [1.54, 1.807) is 14.0 Å². The second-order valence-corrected chi connectivity index (χ2v) is 6.98. The lowest BCUT2D eigenvalue weighted by Gasteiger charge is -2.12. The van der Waals surface area contributed by atoms with E-state index in [0.717, 1.165) is 0 Å². The van der Waals surface area contributed by atoms with Crippen LogP contribution >= 0.6 is 0 Å². The topological polar surface area (TPSA) is 64.6 Å². The zero-order chi connectivity index (χ0) is 15.7. The number of hydrogen-bond acceptors (Lipinski definition) is 5. The summed E-state index contributed by atoms with van der Waals surface area (Å²) < 4.78 is 46.5. The highest BCUT2D eigenvalue weighted by molar-refractivity contribution is 7.91. The Bertz CT molecular complexity index is 534. The van der Waals surface area contributed by atoms with Crippen LogP contribution in [0.15, 0.2) is 18.2 Å². The summed E-state index contributed by atoms with van der Waals surface area (Å²) in [5.74, 6) is 0.183. The first-order valence-electron chi connectivity index (χ1n) is 6.80. The first kappa shape index (κ1) is 17.9. The van der Waals surface area contributed by atoms with E-state index in [2.05, 4.69) is 5.32 Å². The second-order valence-electron chi connectivity index (χ2n) is 4.51. The summed E-state index contributed by atoms with van der Waals surface area (Å²) in [6, 6.07) is 4.19. The molecule has 0 aliphatic rings. The lowest BCUT2D eigenvalue weighted by Crippen LogP contribution is -2.20. The summed E-state index contributed by atoms with van der Waals surface area (Å²) in [6.07, 6.45) is 0. The molecule has 0 aromatic heterocycles. The normalized spacial score (nSPS) is 11.6. The van der Waals surface area contributed by atoms with Crippen molar-refractivity contribution in [2.75, 3.05) is 38.4 Å². The van der Waals surface area contributed by atoms with Gasteiger partial charge in [0.15, 0.2) is 9.84 Å². The Morgan fingerprint density at radius 1 is 1.29 bits per heavy atom. The zero-order valence-corrected chi connectivity index (χ0v) is 13.2. The third kappa shape index (κ3) is 6.88. The van der Waals surface area contributed by atoms with Gasteiger partial charge in [-0.1, -0.05) is 6.92 Å². The molecule has 1 N–H and O–H groups in total. The summed E-state index contributed by atoms with van der Waals surface area (Å²) in [4.78, 5) is 0. The predicted octanol–water partition coefficient (Wildman–Crippen LogP) is 1.38. The third-order valence-electron chi connectivity index (χ3n) is 2.91. The van der Waals surface area contributed by atoms with E-state index in [4.69, 9.17) is 9.47 Å². The van der Waals surface area contributed by atoms with Crippen LogP contribution in [0.5, 0.6) is 5.75 Å². The average molecular weight is 319 g/mol. The molecule has 7 heteroatoms. The van der Waals surface area contributed by atoms with Crippen molar-refractivity contribution in [3.05, 3.63) is 29.6 Å². The maximum atomic E-state index is 13.3. The number of sulfone groups is 1. The van der Waals surface area contributed by atoms with Gasteiger partial charge in [-0.25, -0.2) is 12.8 Å². The molecule has 21 heavy (non-hydrogen) atoms. The van der Waals surface area contributed by atoms with E-state index >= 15 is 0 Å². The fourth-order valence-electron chi connectivity index (χ4n) is 1.65. The number of nitrogens with one attached hydrogen (secondary N) is 1. The van der Waals surface area contributed by atoms with Crippen LogP contribution in [-0.2, 0) is 21.1 Å². The zero-order valence-electron chi connectivity index (χ0n) is 12.4. The van der Waals surface area contributed by atoms with Gasteiger partial charge in [0.1, 0.15) is 18.2 Å². The molecular formula is C14H22FNO4S. The average Bonchev–Trinajstić information content (AvgIpc) is 2.45. The molecular weight excluding hydrogens is 297 g/mol. The SMILES string of the molecule is CCS(=O)(=O)CCOc1ccc(F)cc1CNCCOC. The highest BCUT2D eigenvalue weighted by Crippen LogP contribution is 2.19. The summed E-state index contributed by atoms with van der Waals surface area (Å²) in [6.45, 7) is 3.28. The van der Waals surface area contributed by atoms with E-state index in [0.29, 0.717) is 31.0 Å². The molecule has 0 spiro atoms. The molecule has 0 atom stereocenters. The summed E-state index contributed by atoms with van der Waals surface area (Å²) >= 11 is 0. The van der Waals surface area contributed by atoms with Crippen LogP contribution in [0.3, 0.4) is 0 Å². The smallest absolute Gasteiger partial charge is 0.153 e. The van der Waals surface area contributed by atoms with E-state index in [-0.39, 0.29) is 23.9 Å². The first-order valence-corrected chi connectivity index (χ1v) is 8.62. The lowest BCUT2D eigenvalue weighted by atomic mass is 10.2. The standard InChI is InChI=1S/C14H22FNO4S/c1-3-21(17,18)9-8-20-14-5-4-13(15)10-12(14)11-16-6-7-19-2/h4-5,10,16H,3,6-9,11H2,1-2H3. The largest absolute Gasteiger partial charge is 0.492 e. The van der Waals surface area contributed by atoms with E-state index in [1.165, 1.54) is 18.2 Å².